The van der Waals surface area contributed by atoms with Gasteiger partial charge in [-0.15, -0.1) is 0 Å². The van der Waals surface area contributed by atoms with Crippen LogP contribution in [0.15, 0.2) is 30.3 Å². The van der Waals surface area contributed by atoms with Gasteiger partial charge in [-0.2, -0.15) is 0 Å². The Labute approximate surface area is 191 Å². The third-order valence-corrected chi connectivity index (χ3v) is 5.31. The average molecular weight is 463 g/mol. The second-order valence-electron chi connectivity index (χ2n) is 7.96. The maximum Gasteiger partial charge on any atom is 0.326 e. The number of carbonyl (C=O) groups is 5. The van der Waals surface area contributed by atoms with Crippen LogP contribution >= 0.6 is 0 Å². The van der Waals surface area contributed by atoms with Gasteiger partial charge in [0, 0.05) is 12.8 Å². The maximum absolute atomic E-state index is 12.8. The van der Waals surface area contributed by atoms with Gasteiger partial charge in [0.25, 0.3) is 0 Å². The van der Waals surface area contributed by atoms with Crippen molar-refractivity contribution in [2.75, 3.05) is 6.54 Å². The van der Waals surface area contributed by atoms with Gasteiger partial charge in [0.15, 0.2) is 0 Å². The molecule has 1 aliphatic heterocycles. The molecule has 1 heterocycles. The van der Waals surface area contributed by atoms with Crippen LogP contribution in [0.25, 0.3) is 0 Å². The van der Waals surface area contributed by atoms with E-state index in [1.54, 1.807) is 30.3 Å². The first-order valence-electron chi connectivity index (χ1n) is 10.8. The van der Waals surface area contributed by atoms with E-state index in [9.17, 15) is 29.1 Å². The summed E-state index contributed by atoms with van der Waals surface area (Å²) in [6, 6.07) is 4.78. The highest BCUT2D eigenvalue weighted by Crippen LogP contribution is 2.07. The Kier molecular flexibility index (Phi) is 9.80. The number of rotatable bonds is 12. The van der Waals surface area contributed by atoms with Gasteiger partial charge in [0.2, 0.25) is 17.7 Å². The Bertz CT molecular complexity index is 856. The van der Waals surface area contributed by atoms with Crippen molar-refractivity contribution in [3.63, 3.8) is 0 Å². The number of aliphatic carboxylic acids is 2. The standard InChI is InChI=1S/C22H30N4O7/c1-13(24-20(30)15-8-5-11-23-15)19(29)25-16(9-10-18(27)28)21(31)26-17(22(32)33)12-14-6-3-2-4-7-14/h2-4,6-7,13,15-17,23H,5,8-12H2,1H3,(H,24,30)(H,25,29)(H,26,31)(H,27,28)(H,32,33). The number of nitrogens with one attached hydrogen (secondary N) is 4. The topological polar surface area (TPSA) is 174 Å². The van der Waals surface area contributed by atoms with E-state index in [2.05, 4.69) is 21.3 Å². The van der Waals surface area contributed by atoms with Crippen molar-refractivity contribution >= 4 is 29.7 Å². The average Bonchev–Trinajstić information content (AvgIpc) is 3.31. The van der Waals surface area contributed by atoms with E-state index in [0.717, 1.165) is 6.42 Å². The van der Waals surface area contributed by atoms with Crippen molar-refractivity contribution in [3.05, 3.63) is 35.9 Å². The predicted molar refractivity (Wildman–Crippen MR) is 117 cm³/mol. The van der Waals surface area contributed by atoms with Crippen LogP contribution in [0.2, 0.25) is 0 Å². The van der Waals surface area contributed by atoms with E-state index >= 15 is 0 Å². The van der Waals surface area contributed by atoms with E-state index in [1.807, 2.05) is 0 Å². The van der Waals surface area contributed by atoms with Gasteiger partial charge in [-0.3, -0.25) is 19.2 Å². The molecule has 1 aromatic carbocycles. The zero-order valence-electron chi connectivity index (χ0n) is 18.4. The maximum atomic E-state index is 12.8. The minimum Gasteiger partial charge on any atom is -0.481 e. The molecule has 180 valence electrons. The molecule has 4 unspecified atom stereocenters. The highest BCUT2D eigenvalue weighted by atomic mass is 16.4. The quantitative estimate of drug-likeness (QED) is 0.239. The lowest BCUT2D eigenvalue weighted by Gasteiger charge is -2.23. The smallest absolute Gasteiger partial charge is 0.326 e. The second kappa shape index (κ2) is 12.5. The minimum absolute atomic E-state index is 0.0162. The summed E-state index contributed by atoms with van der Waals surface area (Å²) >= 11 is 0. The number of carbonyl (C=O) groups excluding carboxylic acids is 3. The SMILES string of the molecule is CC(NC(=O)C1CCCN1)C(=O)NC(CCC(=O)O)C(=O)NC(Cc1ccccc1)C(=O)O. The molecule has 2 rings (SSSR count). The summed E-state index contributed by atoms with van der Waals surface area (Å²) in [7, 11) is 0. The third kappa shape index (κ3) is 8.53. The predicted octanol–water partition coefficient (Wildman–Crippen LogP) is -0.595. The fraction of sp³-hybridized carbons (Fsp3) is 0.500. The number of carboxylic acids is 2. The van der Waals surface area contributed by atoms with Crippen LogP contribution in [0.4, 0.5) is 0 Å². The zero-order chi connectivity index (χ0) is 24.4. The second-order valence-corrected chi connectivity index (χ2v) is 7.96. The van der Waals surface area contributed by atoms with Crippen LogP contribution < -0.4 is 21.3 Å². The van der Waals surface area contributed by atoms with Crippen LogP contribution in [-0.4, -0.2) is 70.6 Å². The molecule has 6 N–H and O–H groups in total. The first-order valence-corrected chi connectivity index (χ1v) is 10.8. The molecular weight excluding hydrogens is 432 g/mol. The third-order valence-electron chi connectivity index (χ3n) is 5.31. The summed E-state index contributed by atoms with van der Waals surface area (Å²) in [5, 5.41) is 28.9. The van der Waals surface area contributed by atoms with E-state index in [-0.39, 0.29) is 24.8 Å². The molecule has 1 fully saturated rings. The zero-order valence-corrected chi connectivity index (χ0v) is 18.4. The van der Waals surface area contributed by atoms with Crippen LogP contribution in [0.5, 0.6) is 0 Å². The summed E-state index contributed by atoms with van der Waals surface area (Å²) in [4.78, 5) is 60.2. The lowest BCUT2D eigenvalue weighted by Crippen LogP contribution is -2.56. The van der Waals surface area contributed by atoms with Crippen molar-refractivity contribution in [2.45, 2.75) is 63.2 Å². The van der Waals surface area contributed by atoms with Crippen LogP contribution in [0, 0.1) is 0 Å². The van der Waals surface area contributed by atoms with Gasteiger partial charge >= 0.3 is 11.9 Å². The molecular formula is C22H30N4O7. The molecule has 1 aromatic rings. The van der Waals surface area contributed by atoms with E-state index in [4.69, 9.17) is 5.11 Å². The van der Waals surface area contributed by atoms with Crippen LogP contribution in [0.3, 0.4) is 0 Å². The summed E-state index contributed by atoms with van der Waals surface area (Å²) in [5.74, 6) is -4.27. The van der Waals surface area contributed by atoms with Crippen molar-refractivity contribution in [2.24, 2.45) is 0 Å². The monoisotopic (exact) mass is 462 g/mol. The van der Waals surface area contributed by atoms with Gasteiger partial charge in [-0.25, -0.2) is 4.79 Å². The molecule has 0 radical (unpaired) electrons. The number of amides is 3. The molecule has 0 saturated carbocycles. The van der Waals surface area contributed by atoms with Crippen molar-refractivity contribution in [1.82, 2.24) is 21.3 Å². The molecule has 11 nitrogen and oxygen atoms in total. The molecule has 0 aromatic heterocycles. The summed E-state index contributed by atoms with van der Waals surface area (Å²) in [6.45, 7) is 2.16. The molecule has 4 atom stereocenters. The Morgan fingerprint density at radius 1 is 1.00 bits per heavy atom. The minimum atomic E-state index is -1.28. The van der Waals surface area contributed by atoms with Gasteiger partial charge in [-0.1, -0.05) is 30.3 Å². The van der Waals surface area contributed by atoms with Crippen LogP contribution in [-0.2, 0) is 30.4 Å². The fourth-order valence-electron chi connectivity index (χ4n) is 3.44. The normalized spacial score (nSPS) is 17.9. The summed E-state index contributed by atoms with van der Waals surface area (Å²) < 4.78 is 0. The number of carboxylic acid groups (broad SMARTS) is 2. The number of benzene rings is 1. The van der Waals surface area contributed by atoms with Crippen molar-refractivity contribution in [1.29, 1.82) is 0 Å². The first kappa shape index (κ1) is 25.8. The largest absolute Gasteiger partial charge is 0.481 e. The Morgan fingerprint density at radius 2 is 1.67 bits per heavy atom. The molecule has 0 bridgehead atoms. The molecule has 3 amide bonds. The van der Waals surface area contributed by atoms with Gasteiger partial charge in [0.1, 0.15) is 18.1 Å². The number of hydrogen-bond acceptors (Lipinski definition) is 6. The Hall–Kier alpha value is -3.47. The molecule has 33 heavy (non-hydrogen) atoms. The van der Waals surface area contributed by atoms with Gasteiger partial charge in [0.05, 0.1) is 6.04 Å². The molecule has 11 heteroatoms. The van der Waals surface area contributed by atoms with Crippen LogP contribution in [0.1, 0.15) is 38.2 Å². The number of hydrogen-bond donors (Lipinski definition) is 6. The highest BCUT2D eigenvalue weighted by Gasteiger charge is 2.30. The molecule has 0 aliphatic carbocycles. The Morgan fingerprint density at radius 3 is 2.24 bits per heavy atom. The van der Waals surface area contributed by atoms with Gasteiger partial charge < -0.3 is 31.5 Å². The van der Waals surface area contributed by atoms with Crippen molar-refractivity contribution < 1.29 is 34.2 Å². The Balaban J connectivity index is 2.02. The molecule has 1 saturated heterocycles. The lowest BCUT2D eigenvalue weighted by molar-refractivity contribution is -0.143. The summed E-state index contributed by atoms with van der Waals surface area (Å²) in [6.07, 6.45) is 0.866. The first-order chi connectivity index (χ1) is 15.7. The van der Waals surface area contributed by atoms with E-state index in [1.165, 1.54) is 6.92 Å². The molecule has 1 aliphatic rings. The van der Waals surface area contributed by atoms with Crippen molar-refractivity contribution in [3.8, 4) is 0 Å². The lowest BCUT2D eigenvalue weighted by atomic mass is 10.0. The van der Waals surface area contributed by atoms with E-state index < -0.39 is 48.3 Å². The molecule has 0 spiro atoms. The summed E-state index contributed by atoms with van der Waals surface area (Å²) in [5.41, 5.74) is 0.688. The fourth-order valence-corrected chi connectivity index (χ4v) is 3.44. The van der Waals surface area contributed by atoms with Gasteiger partial charge in [-0.05, 0) is 38.3 Å². The highest BCUT2D eigenvalue weighted by molar-refractivity contribution is 5.94. The van der Waals surface area contributed by atoms with E-state index in [0.29, 0.717) is 18.5 Å².